The predicted octanol–water partition coefficient (Wildman–Crippen LogP) is 3.86. The lowest BCUT2D eigenvalue weighted by Gasteiger charge is -2.33. The molecule has 124 valence electrons. The third-order valence-electron chi connectivity index (χ3n) is 4.75. The number of hydrogen-bond donors (Lipinski definition) is 1. The molecular weight excluding hydrogens is 306 g/mol. The number of rotatable bonds is 3. The third kappa shape index (κ3) is 3.78. The standard InChI is InChI=1S/C18H25N3OS/c1-14-7-8-17(16-6-3-10-20(16)2)21(11-9-14)18(23)19-13-15-5-4-12-22-15/h3-6,10,12,14,17H,7-9,11,13H2,1-2H3,(H,19,23)/t14-,17-/m0/s1. The van der Waals surface area contributed by atoms with E-state index in [0.717, 1.165) is 29.8 Å². The molecule has 4 nitrogen and oxygen atoms in total. The SMILES string of the molecule is C[C@H]1CC[C@@H](c2cccn2C)N(C(=S)NCc2ccco2)CC1. The number of thiocarbonyl (C=S) groups is 1. The Hall–Kier alpha value is -1.75. The second-order valence-electron chi connectivity index (χ2n) is 6.46. The summed E-state index contributed by atoms with van der Waals surface area (Å²) in [4.78, 5) is 2.36. The highest BCUT2D eigenvalue weighted by Crippen LogP contribution is 2.32. The van der Waals surface area contributed by atoms with Crippen LogP contribution in [0.4, 0.5) is 0 Å². The summed E-state index contributed by atoms with van der Waals surface area (Å²) in [6, 6.07) is 8.54. The van der Waals surface area contributed by atoms with Gasteiger partial charge in [0, 0.05) is 25.5 Å². The molecule has 2 aromatic heterocycles. The Morgan fingerprint density at radius 3 is 2.87 bits per heavy atom. The highest BCUT2D eigenvalue weighted by molar-refractivity contribution is 7.80. The molecule has 0 radical (unpaired) electrons. The topological polar surface area (TPSA) is 33.3 Å². The van der Waals surface area contributed by atoms with Gasteiger partial charge in [0.05, 0.1) is 18.8 Å². The molecular formula is C18H25N3OS. The smallest absolute Gasteiger partial charge is 0.169 e. The van der Waals surface area contributed by atoms with Crippen LogP contribution in [0.2, 0.25) is 0 Å². The number of nitrogens with zero attached hydrogens (tertiary/aromatic N) is 2. The van der Waals surface area contributed by atoms with Crippen LogP contribution in [-0.4, -0.2) is 21.1 Å². The van der Waals surface area contributed by atoms with Gasteiger partial charge in [0.1, 0.15) is 5.76 Å². The van der Waals surface area contributed by atoms with Crippen LogP contribution in [0.3, 0.4) is 0 Å². The van der Waals surface area contributed by atoms with Gasteiger partial charge in [-0.2, -0.15) is 0 Å². The van der Waals surface area contributed by atoms with E-state index in [-0.39, 0.29) is 0 Å². The average Bonchev–Trinajstić information content (AvgIpc) is 3.16. The van der Waals surface area contributed by atoms with Crippen molar-refractivity contribution in [3.63, 3.8) is 0 Å². The second-order valence-corrected chi connectivity index (χ2v) is 6.85. The molecule has 3 heterocycles. The number of furan rings is 1. The minimum absolute atomic E-state index is 0.344. The van der Waals surface area contributed by atoms with Gasteiger partial charge < -0.3 is 19.2 Å². The molecule has 0 amide bonds. The Labute approximate surface area is 143 Å². The molecule has 0 unspecified atom stereocenters. The average molecular weight is 331 g/mol. The van der Waals surface area contributed by atoms with Crippen LogP contribution < -0.4 is 5.32 Å². The van der Waals surface area contributed by atoms with Crippen LogP contribution in [0, 0.1) is 5.92 Å². The van der Waals surface area contributed by atoms with E-state index in [1.165, 1.54) is 18.5 Å². The minimum Gasteiger partial charge on any atom is -0.467 e. The lowest BCUT2D eigenvalue weighted by Crippen LogP contribution is -2.42. The Bertz CT molecular complexity index is 634. The van der Waals surface area contributed by atoms with E-state index in [0.29, 0.717) is 12.6 Å². The fraction of sp³-hybridized carbons (Fsp3) is 0.500. The summed E-state index contributed by atoms with van der Waals surface area (Å²) in [5.74, 6) is 1.65. The van der Waals surface area contributed by atoms with Crippen molar-refractivity contribution in [3.05, 3.63) is 48.2 Å². The fourth-order valence-corrected chi connectivity index (χ4v) is 3.60. The van der Waals surface area contributed by atoms with E-state index < -0.39 is 0 Å². The molecule has 0 saturated carbocycles. The first-order valence-electron chi connectivity index (χ1n) is 8.33. The van der Waals surface area contributed by atoms with Crippen molar-refractivity contribution in [1.29, 1.82) is 0 Å². The maximum Gasteiger partial charge on any atom is 0.169 e. The third-order valence-corrected chi connectivity index (χ3v) is 5.13. The van der Waals surface area contributed by atoms with E-state index in [4.69, 9.17) is 16.6 Å². The van der Waals surface area contributed by atoms with Crippen LogP contribution in [0.25, 0.3) is 0 Å². The summed E-state index contributed by atoms with van der Waals surface area (Å²) < 4.78 is 7.60. The van der Waals surface area contributed by atoms with Crippen molar-refractivity contribution in [2.45, 2.75) is 38.8 Å². The van der Waals surface area contributed by atoms with Gasteiger partial charge in [-0.25, -0.2) is 0 Å². The van der Waals surface area contributed by atoms with Crippen molar-refractivity contribution in [1.82, 2.24) is 14.8 Å². The first-order chi connectivity index (χ1) is 11.1. The van der Waals surface area contributed by atoms with Crippen molar-refractivity contribution in [3.8, 4) is 0 Å². The van der Waals surface area contributed by atoms with Crippen LogP contribution in [0.1, 0.15) is 43.7 Å². The molecule has 0 bridgehead atoms. The molecule has 2 aromatic rings. The van der Waals surface area contributed by atoms with E-state index in [1.54, 1.807) is 6.26 Å². The van der Waals surface area contributed by atoms with Gasteiger partial charge in [-0.05, 0) is 61.7 Å². The molecule has 0 aliphatic carbocycles. The Kier molecular flexibility index (Phi) is 5.06. The molecule has 1 fully saturated rings. The van der Waals surface area contributed by atoms with Crippen molar-refractivity contribution >= 4 is 17.3 Å². The summed E-state index contributed by atoms with van der Waals surface area (Å²) in [7, 11) is 2.11. The van der Waals surface area contributed by atoms with Gasteiger partial charge in [-0.1, -0.05) is 6.92 Å². The van der Waals surface area contributed by atoms with Crippen molar-refractivity contribution in [2.24, 2.45) is 13.0 Å². The van der Waals surface area contributed by atoms with Crippen LogP contribution in [-0.2, 0) is 13.6 Å². The Morgan fingerprint density at radius 1 is 1.30 bits per heavy atom. The first kappa shape index (κ1) is 16.1. The molecule has 3 rings (SSSR count). The monoisotopic (exact) mass is 331 g/mol. The van der Waals surface area contributed by atoms with Crippen LogP contribution >= 0.6 is 12.2 Å². The number of nitrogens with one attached hydrogen (secondary N) is 1. The number of hydrogen-bond acceptors (Lipinski definition) is 2. The molecule has 1 aliphatic heterocycles. The Morgan fingerprint density at radius 2 is 2.17 bits per heavy atom. The van der Waals surface area contributed by atoms with Crippen molar-refractivity contribution < 1.29 is 4.42 Å². The van der Waals surface area contributed by atoms with Crippen molar-refractivity contribution in [2.75, 3.05) is 6.54 Å². The zero-order chi connectivity index (χ0) is 16.2. The van der Waals surface area contributed by atoms with Gasteiger partial charge in [0.25, 0.3) is 0 Å². The maximum absolute atomic E-state index is 5.70. The van der Waals surface area contributed by atoms with Gasteiger partial charge in [0.2, 0.25) is 0 Å². The van der Waals surface area contributed by atoms with Gasteiger partial charge in [0.15, 0.2) is 5.11 Å². The normalized spacial score (nSPS) is 21.9. The maximum atomic E-state index is 5.70. The van der Waals surface area contributed by atoms with Gasteiger partial charge >= 0.3 is 0 Å². The quantitative estimate of drug-likeness (QED) is 0.866. The molecule has 0 aromatic carbocycles. The van der Waals surface area contributed by atoms with E-state index in [2.05, 4.69) is 47.1 Å². The van der Waals surface area contributed by atoms with Gasteiger partial charge in [-0.3, -0.25) is 0 Å². The zero-order valence-electron chi connectivity index (χ0n) is 13.9. The number of likely N-dealkylation sites (tertiary alicyclic amines) is 1. The van der Waals surface area contributed by atoms with Crippen LogP contribution in [0.5, 0.6) is 0 Å². The molecule has 0 spiro atoms. The summed E-state index contributed by atoms with van der Waals surface area (Å²) in [5, 5.41) is 4.18. The predicted molar refractivity (Wildman–Crippen MR) is 96.0 cm³/mol. The molecule has 1 N–H and O–H groups in total. The van der Waals surface area contributed by atoms with E-state index >= 15 is 0 Å². The minimum atomic E-state index is 0.344. The van der Waals surface area contributed by atoms with Gasteiger partial charge in [-0.15, -0.1) is 0 Å². The lowest BCUT2D eigenvalue weighted by molar-refractivity contribution is 0.304. The van der Waals surface area contributed by atoms with Crippen LogP contribution in [0.15, 0.2) is 41.1 Å². The summed E-state index contributed by atoms with van der Waals surface area (Å²) in [6.07, 6.45) is 7.37. The highest BCUT2D eigenvalue weighted by Gasteiger charge is 2.28. The van der Waals surface area contributed by atoms with E-state index in [1.807, 2.05) is 12.1 Å². The summed E-state index contributed by atoms with van der Waals surface area (Å²) in [5.41, 5.74) is 1.33. The van der Waals surface area contributed by atoms with E-state index in [9.17, 15) is 0 Å². The Balaban J connectivity index is 1.74. The zero-order valence-corrected chi connectivity index (χ0v) is 14.7. The molecule has 1 saturated heterocycles. The molecule has 1 aliphatic rings. The molecule has 23 heavy (non-hydrogen) atoms. The first-order valence-corrected chi connectivity index (χ1v) is 8.74. The number of aryl methyl sites for hydroxylation is 1. The fourth-order valence-electron chi connectivity index (χ4n) is 3.31. The highest BCUT2D eigenvalue weighted by atomic mass is 32.1. The number of aromatic nitrogens is 1. The molecule has 5 heteroatoms. The summed E-state index contributed by atoms with van der Waals surface area (Å²) in [6.45, 7) is 3.98. The second kappa shape index (κ2) is 7.21. The molecule has 2 atom stereocenters. The summed E-state index contributed by atoms with van der Waals surface area (Å²) >= 11 is 5.70. The lowest BCUT2D eigenvalue weighted by atomic mass is 10.0. The largest absolute Gasteiger partial charge is 0.467 e.